The molecule has 17 heavy (non-hydrogen) atoms. The average molecular weight is 241 g/mol. The van der Waals surface area contributed by atoms with Crippen LogP contribution in [0, 0.1) is 0 Å². The van der Waals surface area contributed by atoms with Gasteiger partial charge in [0.15, 0.2) is 5.78 Å². The predicted molar refractivity (Wildman–Crippen MR) is 69.3 cm³/mol. The first kappa shape index (κ1) is 10.3. The molecule has 0 fully saturated rings. The highest BCUT2D eigenvalue weighted by Crippen LogP contribution is 2.33. The number of carbonyl (C=O) groups is 1. The van der Waals surface area contributed by atoms with E-state index in [1.165, 1.54) is 0 Å². The first-order valence-electron chi connectivity index (χ1n) is 5.37. The Labute approximate surface area is 104 Å². The number of halogens is 1. The van der Waals surface area contributed by atoms with E-state index < -0.39 is 0 Å². The highest BCUT2D eigenvalue weighted by Gasteiger charge is 2.21. The number of ketones is 1. The molecule has 0 aromatic heterocycles. The molecule has 0 saturated heterocycles. The fraction of sp³-hybridized carbons (Fsp3) is 0. The average Bonchev–Trinajstić information content (AvgIpc) is 2.68. The fourth-order valence-corrected chi connectivity index (χ4v) is 2.30. The van der Waals surface area contributed by atoms with Gasteiger partial charge < -0.3 is 0 Å². The summed E-state index contributed by atoms with van der Waals surface area (Å²) < 4.78 is 0. The third-order valence-electron chi connectivity index (χ3n) is 2.89. The van der Waals surface area contributed by atoms with Gasteiger partial charge in [-0.25, -0.2) is 0 Å². The number of allylic oxidation sites excluding steroid dienone is 1. The smallest absolute Gasteiger partial charge is 0.187 e. The summed E-state index contributed by atoms with van der Waals surface area (Å²) in [4.78, 5) is 11.8. The third kappa shape index (κ3) is 1.69. The van der Waals surface area contributed by atoms with Crippen LogP contribution in [0.3, 0.4) is 0 Å². The van der Waals surface area contributed by atoms with Crippen molar-refractivity contribution in [1.29, 1.82) is 0 Å². The number of carbonyl (C=O) groups excluding carboxylic acids is 1. The molecule has 1 nitrogen and oxygen atoms in total. The molecule has 82 valence electrons. The van der Waals surface area contributed by atoms with Gasteiger partial charge in [0.2, 0.25) is 0 Å². The van der Waals surface area contributed by atoms with Crippen molar-refractivity contribution in [3.05, 3.63) is 76.3 Å². The molecule has 0 aliphatic heterocycles. The minimum atomic E-state index is 0.0653. The standard InChI is InChI=1S/C15H9ClO/c16-11-5-3-4-10(8-11)14-9-15(17)13-7-2-1-6-12(13)14/h1-9H. The summed E-state index contributed by atoms with van der Waals surface area (Å²) in [5, 5.41) is 0.681. The van der Waals surface area contributed by atoms with Gasteiger partial charge in [0.1, 0.15) is 0 Å². The van der Waals surface area contributed by atoms with E-state index in [0.717, 1.165) is 22.3 Å². The summed E-state index contributed by atoms with van der Waals surface area (Å²) >= 11 is 5.97. The Morgan fingerprint density at radius 1 is 0.882 bits per heavy atom. The van der Waals surface area contributed by atoms with Crippen molar-refractivity contribution in [2.45, 2.75) is 0 Å². The maximum atomic E-state index is 11.8. The van der Waals surface area contributed by atoms with E-state index in [2.05, 4.69) is 0 Å². The van der Waals surface area contributed by atoms with E-state index in [1.807, 2.05) is 48.5 Å². The van der Waals surface area contributed by atoms with Gasteiger partial charge in [0.25, 0.3) is 0 Å². The lowest BCUT2D eigenvalue weighted by Crippen LogP contribution is -1.90. The Kier molecular flexibility index (Phi) is 2.34. The Morgan fingerprint density at radius 3 is 2.41 bits per heavy atom. The van der Waals surface area contributed by atoms with Crippen molar-refractivity contribution in [2.75, 3.05) is 0 Å². The van der Waals surface area contributed by atoms with Gasteiger partial charge in [0, 0.05) is 10.6 Å². The van der Waals surface area contributed by atoms with Crippen molar-refractivity contribution in [2.24, 2.45) is 0 Å². The van der Waals surface area contributed by atoms with Gasteiger partial charge in [-0.15, -0.1) is 0 Å². The van der Waals surface area contributed by atoms with Crippen molar-refractivity contribution >= 4 is 23.0 Å². The molecule has 1 aliphatic rings. The van der Waals surface area contributed by atoms with E-state index >= 15 is 0 Å². The molecule has 0 radical (unpaired) electrons. The zero-order chi connectivity index (χ0) is 11.8. The lowest BCUT2D eigenvalue weighted by Gasteiger charge is -2.05. The second kappa shape index (κ2) is 3.86. The Hall–Kier alpha value is -1.86. The van der Waals surface area contributed by atoms with Gasteiger partial charge >= 0.3 is 0 Å². The maximum Gasteiger partial charge on any atom is 0.187 e. The number of hydrogen-bond acceptors (Lipinski definition) is 1. The molecule has 0 N–H and O–H groups in total. The molecule has 1 aliphatic carbocycles. The largest absolute Gasteiger partial charge is 0.289 e. The summed E-state index contributed by atoms with van der Waals surface area (Å²) in [6, 6.07) is 15.2. The van der Waals surface area contributed by atoms with Gasteiger partial charge in [-0.2, -0.15) is 0 Å². The molecular weight excluding hydrogens is 232 g/mol. The lowest BCUT2D eigenvalue weighted by atomic mass is 9.99. The number of fused-ring (bicyclic) bond motifs is 1. The van der Waals surface area contributed by atoms with Crippen LogP contribution in [0.5, 0.6) is 0 Å². The maximum absolute atomic E-state index is 11.8. The van der Waals surface area contributed by atoms with Gasteiger partial charge in [-0.05, 0) is 34.9 Å². The molecule has 2 heteroatoms. The summed E-state index contributed by atoms with van der Waals surface area (Å²) in [5.74, 6) is 0.0653. The van der Waals surface area contributed by atoms with Gasteiger partial charge in [0.05, 0.1) is 0 Å². The first-order valence-corrected chi connectivity index (χ1v) is 5.75. The molecule has 3 rings (SSSR count). The molecule has 0 unspecified atom stereocenters. The normalized spacial score (nSPS) is 13.5. The van der Waals surface area contributed by atoms with E-state index in [-0.39, 0.29) is 5.78 Å². The Balaban J connectivity index is 2.18. The molecule has 0 bridgehead atoms. The van der Waals surface area contributed by atoms with Crippen molar-refractivity contribution < 1.29 is 4.79 Å². The van der Waals surface area contributed by atoms with E-state index in [9.17, 15) is 4.79 Å². The topological polar surface area (TPSA) is 17.1 Å². The molecule has 2 aromatic carbocycles. The lowest BCUT2D eigenvalue weighted by molar-refractivity contribution is 0.105. The van der Waals surface area contributed by atoms with Crippen LogP contribution in [0.4, 0.5) is 0 Å². The zero-order valence-electron chi connectivity index (χ0n) is 8.98. The third-order valence-corrected chi connectivity index (χ3v) is 3.13. The summed E-state index contributed by atoms with van der Waals surface area (Å²) in [5.41, 5.74) is 3.69. The second-order valence-corrected chi connectivity index (χ2v) is 4.41. The van der Waals surface area contributed by atoms with E-state index in [0.29, 0.717) is 5.02 Å². The van der Waals surface area contributed by atoms with Crippen molar-refractivity contribution in [3.63, 3.8) is 0 Å². The molecule has 0 heterocycles. The quantitative estimate of drug-likeness (QED) is 0.737. The molecule has 0 amide bonds. The monoisotopic (exact) mass is 240 g/mol. The van der Waals surface area contributed by atoms with Crippen LogP contribution in [-0.4, -0.2) is 5.78 Å². The molecule has 0 saturated carbocycles. The van der Waals surface area contributed by atoms with Crippen LogP contribution in [0.25, 0.3) is 5.57 Å². The summed E-state index contributed by atoms with van der Waals surface area (Å²) in [7, 11) is 0. The molecule has 0 spiro atoms. The Bertz CT molecular complexity index is 641. The number of benzene rings is 2. The minimum absolute atomic E-state index is 0.0653. The van der Waals surface area contributed by atoms with Crippen LogP contribution in [-0.2, 0) is 0 Å². The summed E-state index contributed by atoms with van der Waals surface area (Å²) in [6.07, 6.45) is 1.68. The fourth-order valence-electron chi connectivity index (χ4n) is 2.11. The number of rotatable bonds is 1. The van der Waals surface area contributed by atoms with Crippen LogP contribution < -0.4 is 0 Å². The first-order chi connectivity index (χ1) is 8.25. The van der Waals surface area contributed by atoms with E-state index in [4.69, 9.17) is 11.6 Å². The van der Waals surface area contributed by atoms with Gasteiger partial charge in [-0.3, -0.25) is 4.79 Å². The zero-order valence-corrected chi connectivity index (χ0v) is 9.74. The number of hydrogen-bond donors (Lipinski definition) is 0. The Morgan fingerprint density at radius 2 is 1.65 bits per heavy atom. The van der Waals surface area contributed by atoms with E-state index in [1.54, 1.807) is 6.08 Å². The highest BCUT2D eigenvalue weighted by molar-refractivity contribution is 6.31. The highest BCUT2D eigenvalue weighted by atomic mass is 35.5. The van der Waals surface area contributed by atoms with Crippen LogP contribution >= 0.6 is 11.6 Å². The molecule has 2 aromatic rings. The van der Waals surface area contributed by atoms with Crippen LogP contribution in [0.2, 0.25) is 5.02 Å². The molecular formula is C15H9ClO. The SMILES string of the molecule is O=C1C=C(c2cccc(Cl)c2)c2ccccc21. The molecule has 0 atom stereocenters. The predicted octanol–water partition coefficient (Wildman–Crippen LogP) is 3.97. The van der Waals surface area contributed by atoms with Crippen LogP contribution in [0.15, 0.2) is 54.6 Å². The van der Waals surface area contributed by atoms with Crippen molar-refractivity contribution in [1.82, 2.24) is 0 Å². The van der Waals surface area contributed by atoms with Gasteiger partial charge in [-0.1, -0.05) is 48.0 Å². The van der Waals surface area contributed by atoms with Crippen molar-refractivity contribution in [3.8, 4) is 0 Å². The second-order valence-electron chi connectivity index (χ2n) is 3.98. The summed E-state index contributed by atoms with van der Waals surface area (Å²) in [6.45, 7) is 0. The minimum Gasteiger partial charge on any atom is -0.289 e. The van der Waals surface area contributed by atoms with Crippen LogP contribution in [0.1, 0.15) is 21.5 Å².